The Bertz CT molecular complexity index is 428. The summed E-state index contributed by atoms with van der Waals surface area (Å²) in [6.45, 7) is 7.44. The van der Waals surface area contributed by atoms with Crippen molar-refractivity contribution in [2.24, 2.45) is 23.2 Å². The summed E-state index contributed by atoms with van der Waals surface area (Å²) in [6.07, 6.45) is 6.72. The average Bonchev–Trinajstić information content (AvgIpc) is 2.72. The molecular weight excluding hydrogens is 212 g/mol. The van der Waals surface area contributed by atoms with Gasteiger partial charge in [-0.15, -0.1) is 0 Å². The summed E-state index contributed by atoms with van der Waals surface area (Å²) in [4.78, 5) is 11.9. The number of carbonyl (C=O) groups excluding carboxylic acids is 1. The van der Waals surface area contributed by atoms with Gasteiger partial charge in [0, 0.05) is 11.5 Å². The van der Waals surface area contributed by atoms with Crippen LogP contribution in [0.2, 0.25) is 0 Å². The summed E-state index contributed by atoms with van der Waals surface area (Å²) in [5, 5.41) is 0. The monoisotopic (exact) mass is 232 g/mol. The van der Waals surface area contributed by atoms with Crippen LogP contribution < -0.4 is 0 Å². The zero-order chi connectivity index (χ0) is 12.2. The lowest BCUT2D eigenvalue weighted by atomic mass is 9.86. The van der Waals surface area contributed by atoms with Crippen LogP contribution >= 0.6 is 0 Å². The molecule has 2 heteroatoms. The summed E-state index contributed by atoms with van der Waals surface area (Å²) in [7, 11) is 0. The van der Waals surface area contributed by atoms with Crippen molar-refractivity contribution in [3.63, 3.8) is 0 Å². The summed E-state index contributed by atoms with van der Waals surface area (Å²) >= 11 is 0. The molecule has 0 aromatic rings. The highest BCUT2D eigenvalue weighted by atomic mass is 16.5. The lowest BCUT2D eigenvalue weighted by molar-refractivity contribution is -0.135. The van der Waals surface area contributed by atoms with Gasteiger partial charge in [0.2, 0.25) is 0 Å². The molecule has 1 heterocycles. The third-order valence-electron chi connectivity index (χ3n) is 4.50. The van der Waals surface area contributed by atoms with E-state index in [1.165, 1.54) is 12.0 Å². The molecule has 92 valence electrons. The molecule has 0 spiro atoms. The number of hydrogen-bond donors (Lipinski definition) is 0. The number of esters is 1. The maximum absolute atomic E-state index is 11.9. The number of cyclic esters (lactones) is 1. The van der Waals surface area contributed by atoms with Crippen molar-refractivity contribution in [1.82, 2.24) is 0 Å². The van der Waals surface area contributed by atoms with Gasteiger partial charge in [-0.2, -0.15) is 0 Å². The minimum Gasteiger partial charge on any atom is -0.461 e. The van der Waals surface area contributed by atoms with Gasteiger partial charge in [-0.3, -0.25) is 0 Å². The average molecular weight is 232 g/mol. The van der Waals surface area contributed by atoms with Gasteiger partial charge in [-0.1, -0.05) is 38.5 Å². The fraction of sp³-hybridized carbons (Fsp3) is 0.667. The van der Waals surface area contributed by atoms with Gasteiger partial charge in [0.1, 0.15) is 6.61 Å². The first-order chi connectivity index (χ1) is 7.98. The van der Waals surface area contributed by atoms with Crippen LogP contribution in [-0.4, -0.2) is 12.6 Å². The molecule has 1 aliphatic heterocycles. The largest absolute Gasteiger partial charge is 0.461 e. The molecule has 1 saturated heterocycles. The molecule has 2 nitrogen and oxygen atoms in total. The summed E-state index contributed by atoms with van der Waals surface area (Å²) < 4.78 is 5.22. The highest BCUT2D eigenvalue weighted by molar-refractivity contribution is 5.92. The van der Waals surface area contributed by atoms with E-state index in [2.05, 4.69) is 32.9 Å². The Balaban J connectivity index is 2.11. The summed E-state index contributed by atoms with van der Waals surface area (Å²) in [5.74, 6) is 1.26. The molecule has 2 fully saturated rings. The molecule has 0 radical (unpaired) electrons. The fourth-order valence-corrected chi connectivity index (χ4v) is 3.68. The Hall–Kier alpha value is -1.05. The number of hydrogen-bond acceptors (Lipinski definition) is 2. The van der Waals surface area contributed by atoms with Gasteiger partial charge in [0.25, 0.3) is 0 Å². The van der Waals surface area contributed by atoms with Crippen molar-refractivity contribution >= 4 is 5.97 Å². The molecule has 0 N–H and O–H groups in total. The van der Waals surface area contributed by atoms with Crippen LogP contribution in [0.15, 0.2) is 23.3 Å². The van der Waals surface area contributed by atoms with Crippen LogP contribution in [0.3, 0.4) is 0 Å². The predicted octanol–water partition coefficient (Wildman–Crippen LogP) is 3.10. The molecule has 0 unspecified atom stereocenters. The maximum atomic E-state index is 11.9. The second kappa shape index (κ2) is 3.47. The van der Waals surface area contributed by atoms with Crippen molar-refractivity contribution in [3.05, 3.63) is 23.3 Å². The third kappa shape index (κ3) is 1.65. The van der Waals surface area contributed by atoms with Crippen molar-refractivity contribution in [2.75, 3.05) is 6.61 Å². The smallest absolute Gasteiger partial charge is 0.334 e. The second-order valence-corrected chi connectivity index (χ2v) is 6.54. The number of allylic oxidation sites excluding steroid dienone is 2. The Kier molecular flexibility index (Phi) is 2.26. The van der Waals surface area contributed by atoms with E-state index in [9.17, 15) is 4.79 Å². The lowest BCUT2D eigenvalue weighted by Gasteiger charge is -2.19. The quantitative estimate of drug-likeness (QED) is 0.474. The molecule has 0 aromatic carbocycles. The molecule has 1 saturated carbocycles. The zero-order valence-corrected chi connectivity index (χ0v) is 10.8. The van der Waals surface area contributed by atoms with Gasteiger partial charge >= 0.3 is 5.97 Å². The van der Waals surface area contributed by atoms with E-state index in [4.69, 9.17) is 4.74 Å². The zero-order valence-electron chi connectivity index (χ0n) is 10.8. The number of carbonyl (C=O) groups is 1. The van der Waals surface area contributed by atoms with E-state index < -0.39 is 0 Å². The second-order valence-electron chi connectivity index (χ2n) is 6.54. The van der Waals surface area contributed by atoms with Crippen LogP contribution in [0.1, 0.15) is 33.6 Å². The maximum Gasteiger partial charge on any atom is 0.334 e. The van der Waals surface area contributed by atoms with Gasteiger partial charge in [0.15, 0.2) is 0 Å². The van der Waals surface area contributed by atoms with E-state index in [0.717, 1.165) is 12.0 Å². The van der Waals surface area contributed by atoms with Crippen molar-refractivity contribution in [1.29, 1.82) is 0 Å². The van der Waals surface area contributed by atoms with E-state index in [-0.39, 0.29) is 11.9 Å². The lowest BCUT2D eigenvalue weighted by Crippen LogP contribution is -2.11. The molecule has 2 aliphatic carbocycles. The van der Waals surface area contributed by atoms with Crippen LogP contribution in [-0.2, 0) is 9.53 Å². The Morgan fingerprint density at radius 1 is 1.35 bits per heavy atom. The highest BCUT2D eigenvalue weighted by Crippen LogP contribution is 2.52. The molecule has 17 heavy (non-hydrogen) atoms. The van der Waals surface area contributed by atoms with Crippen molar-refractivity contribution < 1.29 is 9.53 Å². The van der Waals surface area contributed by atoms with Crippen LogP contribution in [0.5, 0.6) is 0 Å². The van der Waals surface area contributed by atoms with Crippen LogP contribution in [0, 0.1) is 23.2 Å². The van der Waals surface area contributed by atoms with E-state index in [1.54, 1.807) is 0 Å². The first-order valence-corrected chi connectivity index (χ1v) is 6.56. The van der Waals surface area contributed by atoms with Crippen molar-refractivity contribution in [3.8, 4) is 0 Å². The Labute approximate surface area is 103 Å². The predicted molar refractivity (Wildman–Crippen MR) is 66.3 cm³/mol. The normalized spacial score (nSPS) is 38.8. The fourth-order valence-electron chi connectivity index (χ4n) is 3.68. The SMILES string of the molecule is C[C@@H]1C=C[C@@H]2COC(=O)C2=C2CC(C)(C)C[C@@H]21. The third-order valence-corrected chi connectivity index (χ3v) is 4.50. The molecule has 3 atom stereocenters. The standard InChI is InChI=1S/C15H20O2/c1-9-4-5-10-8-17-14(16)13(10)12-7-15(2,3)6-11(9)12/h4-5,9-11H,6-8H2,1-3H3/t9-,10-,11-/m1/s1. The number of fused-ring (bicyclic) bond motifs is 2. The Morgan fingerprint density at radius 2 is 2.12 bits per heavy atom. The van der Waals surface area contributed by atoms with Gasteiger partial charge < -0.3 is 4.74 Å². The molecule has 0 amide bonds. The van der Waals surface area contributed by atoms with E-state index in [0.29, 0.717) is 23.9 Å². The molecule has 3 aliphatic rings. The van der Waals surface area contributed by atoms with Crippen molar-refractivity contribution in [2.45, 2.75) is 33.6 Å². The summed E-state index contributed by atoms with van der Waals surface area (Å²) in [5.41, 5.74) is 2.71. The minimum atomic E-state index is -0.0635. The van der Waals surface area contributed by atoms with Crippen LogP contribution in [0.25, 0.3) is 0 Å². The summed E-state index contributed by atoms with van der Waals surface area (Å²) in [6, 6.07) is 0. The molecular formula is C15H20O2. The minimum absolute atomic E-state index is 0.0635. The Morgan fingerprint density at radius 3 is 2.88 bits per heavy atom. The van der Waals surface area contributed by atoms with E-state index in [1.807, 2.05) is 0 Å². The van der Waals surface area contributed by atoms with Gasteiger partial charge in [-0.25, -0.2) is 4.79 Å². The first-order valence-electron chi connectivity index (χ1n) is 6.56. The molecule has 0 aromatic heterocycles. The highest BCUT2D eigenvalue weighted by Gasteiger charge is 2.44. The molecule has 0 bridgehead atoms. The van der Waals surface area contributed by atoms with Gasteiger partial charge in [0.05, 0.1) is 0 Å². The van der Waals surface area contributed by atoms with Crippen LogP contribution in [0.4, 0.5) is 0 Å². The number of ether oxygens (including phenoxy) is 1. The van der Waals surface area contributed by atoms with Gasteiger partial charge in [-0.05, 0) is 30.1 Å². The first kappa shape index (κ1) is 11.1. The number of rotatable bonds is 0. The molecule has 3 rings (SSSR count). The topological polar surface area (TPSA) is 26.3 Å². The van der Waals surface area contributed by atoms with E-state index >= 15 is 0 Å².